The molecule has 0 unspecified atom stereocenters. The molecule has 0 amide bonds. The zero-order chi connectivity index (χ0) is 15.1. The Morgan fingerprint density at radius 3 is 2.36 bits per heavy atom. The van der Waals surface area contributed by atoms with Gasteiger partial charge in [0.1, 0.15) is 0 Å². The molecule has 0 aliphatic carbocycles. The highest BCUT2D eigenvalue weighted by Crippen LogP contribution is 2.14. The Balaban J connectivity index is 1.92. The summed E-state index contributed by atoms with van der Waals surface area (Å²) in [4.78, 5) is 0. The van der Waals surface area contributed by atoms with Gasteiger partial charge in [-0.25, -0.2) is 4.68 Å². The van der Waals surface area contributed by atoms with E-state index in [9.17, 15) is 0 Å². The lowest BCUT2D eigenvalue weighted by molar-refractivity contribution is 0.723. The molecule has 0 spiro atoms. The number of nitrogens with zero attached hydrogens (tertiary/aromatic N) is 8. The molecule has 8 heteroatoms. The molecule has 0 bridgehead atoms. The normalized spacial score (nSPS) is 11.2. The van der Waals surface area contributed by atoms with Crippen molar-refractivity contribution in [1.82, 2.24) is 39.8 Å². The Kier molecular flexibility index (Phi) is 2.68. The van der Waals surface area contributed by atoms with E-state index in [1.165, 1.54) is 0 Å². The molecule has 1 aromatic carbocycles. The minimum Gasteiger partial charge on any atom is -0.202 e. The van der Waals surface area contributed by atoms with Gasteiger partial charge in [-0.05, 0) is 19.9 Å². The van der Waals surface area contributed by atoms with Crippen molar-refractivity contribution in [3.05, 3.63) is 47.8 Å². The maximum Gasteiger partial charge on any atom is 0.292 e. The van der Waals surface area contributed by atoms with E-state index >= 15 is 0 Å². The van der Waals surface area contributed by atoms with E-state index < -0.39 is 0 Å². The topological polar surface area (TPSA) is 86.7 Å². The van der Waals surface area contributed by atoms with Gasteiger partial charge in [-0.1, -0.05) is 30.3 Å². The Morgan fingerprint density at radius 2 is 1.64 bits per heavy atom. The minimum absolute atomic E-state index is 0.335. The average molecular weight is 292 g/mol. The summed E-state index contributed by atoms with van der Waals surface area (Å²) in [5.74, 6) is 1.34. The van der Waals surface area contributed by atoms with Crippen LogP contribution >= 0.6 is 0 Å². The molecule has 3 aromatic heterocycles. The number of aromatic nitrogens is 8. The maximum atomic E-state index is 4.49. The van der Waals surface area contributed by atoms with E-state index in [1.54, 1.807) is 9.20 Å². The molecule has 0 aliphatic heterocycles. The van der Waals surface area contributed by atoms with Crippen LogP contribution in [-0.2, 0) is 0 Å². The van der Waals surface area contributed by atoms with Crippen molar-refractivity contribution in [1.29, 1.82) is 0 Å². The van der Waals surface area contributed by atoms with Crippen molar-refractivity contribution >= 4 is 5.78 Å². The highest BCUT2D eigenvalue weighted by atomic mass is 15.5. The van der Waals surface area contributed by atoms with Gasteiger partial charge in [-0.15, -0.1) is 25.5 Å². The Hall–Kier alpha value is -3.16. The average Bonchev–Trinajstić information content (AvgIpc) is 3.10. The summed E-state index contributed by atoms with van der Waals surface area (Å²) in [5.41, 5.74) is 2.73. The number of rotatable bonds is 2. The molecular formula is C14H12N8. The van der Waals surface area contributed by atoms with Crippen LogP contribution in [0.1, 0.15) is 11.4 Å². The summed E-state index contributed by atoms with van der Waals surface area (Å²) in [6, 6.07) is 11.6. The van der Waals surface area contributed by atoms with Crippen LogP contribution in [-0.4, -0.2) is 39.8 Å². The molecule has 0 aliphatic rings. The first-order valence-corrected chi connectivity index (χ1v) is 6.77. The van der Waals surface area contributed by atoms with E-state index in [1.807, 2.05) is 50.2 Å². The van der Waals surface area contributed by atoms with Gasteiger partial charge in [0.05, 0.1) is 5.69 Å². The number of aryl methyl sites for hydroxylation is 2. The number of hydrogen-bond acceptors (Lipinski definition) is 6. The summed E-state index contributed by atoms with van der Waals surface area (Å²) < 4.78 is 3.24. The van der Waals surface area contributed by atoms with Gasteiger partial charge in [0, 0.05) is 11.3 Å². The van der Waals surface area contributed by atoms with Crippen molar-refractivity contribution in [3.63, 3.8) is 0 Å². The fraction of sp³-hybridized carbons (Fsp3) is 0.143. The lowest BCUT2D eigenvalue weighted by Crippen LogP contribution is -2.09. The fourth-order valence-electron chi connectivity index (χ4n) is 2.29. The van der Waals surface area contributed by atoms with Gasteiger partial charge in [-0.3, -0.25) is 0 Å². The molecule has 0 N–H and O–H groups in total. The maximum absolute atomic E-state index is 4.49. The second-order valence-electron chi connectivity index (χ2n) is 4.94. The number of hydrogen-bond donors (Lipinski definition) is 0. The third-order valence-electron chi connectivity index (χ3n) is 3.27. The molecule has 0 fully saturated rings. The van der Waals surface area contributed by atoms with Crippen LogP contribution in [0.15, 0.2) is 36.4 Å². The highest BCUT2D eigenvalue weighted by molar-refractivity contribution is 5.53. The van der Waals surface area contributed by atoms with Gasteiger partial charge in [0.25, 0.3) is 11.7 Å². The molecule has 4 rings (SSSR count). The van der Waals surface area contributed by atoms with Crippen molar-refractivity contribution in [3.8, 4) is 17.3 Å². The predicted molar refractivity (Wildman–Crippen MR) is 78.4 cm³/mol. The van der Waals surface area contributed by atoms with Crippen LogP contribution in [0, 0.1) is 13.8 Å². The number of benzene rings is 1. The molecule has 108 valence electrons. The van der Waals surface area contributed by atoms with Crippen LogP contribution < -0.4 is 0 Å². The third kappa shape index (κ3) is 1.93. The SMILES string of the molecule is Cc1cc(C)n(-c2nnc3nnc(-c4ccccc4)nn23)n1. The Labute approximate surface area is 125 Å². The third-order valence-corrected chi connectivity index (χ3v) is 3.27. The quantitative estimate of drug-likeness (QED) is 0.555. The zero-order valence-corrected chi connectivity index (χ0v) is 12.0. The molecule has 0 saturated carbocycles. The molecule has 22 heavy (non-hydrogen) atoms. The lowest BCUT2D eigenvalue weighted by Gasteiger charge is -2.02. The summed E-state index contributed by atoms with van der Waals surface area (Å²) >= 11 is 0. The molecule has 0 radical (unpaired) electrons. The largest absolute Gasteiger partial charge is 0.292 e. The molecule has 4 aromatic rings. The Morgan fingerprint density at radius 1 is 0.864 bits per heavy atom. The summed E-state index contributed by atoms with van der Waals surface area (Å²) in [6.07, 6.45) is 0. The van der Waals surface area contributed by atoms with Crippen LogP contribution in [0.2, 0.25) is 0 Å². The van der Waals surface area contributed by atoms with Crippen LogP contribution in [0.4, 0.5) is 0 Å². The van der Waals surface area contributed by atoms with Crippen molar-refractivity contribution < 1.29 is 0 Å². The molecule has 3 heterocycles. The molecule has 0 saturated heterocycles. The predicted octanol–water partition coefficient (Wildman–Crippen LogP) is 1.38. The van der Waals surface area contributed by atoms with Crippen LogP contribution in [0.25, 0.3) is 23.1 Å². The minimum atomic E-state index is 0.335. The van der Waals surface area contributed by atoms with Gasteiger partial charge in [0.15, 0.2) is 0 Å². The zero-order valence-electron chi connectivity index (χ0n) is 12.0. The standard InChI is InChI=1S/C14H12N8/c1-9-8-10(2)21(19-9)14-18-17-13-16-15-12(20-22(13)14)11-6-4-3-5-7-11/h3-8H,1-2H3. The van der Waals surface area contributed by atoms with Crippen molar-refractivity contribution in [2.24, 2.45) is 0 Å². The van der Waals surface area contributed by atoms with Crippen molar-refractivity contribution in [2.75, 3.05) is 0 Å². The first-order valence-electron chi connectivity index (χ1n) is 6.77. The van der Waals surface area contributed by atoms with E-state index in [0.717, 1.165) is 17.0 Å². The smallest absolute Gasteiger partial charge is 0.202 e. The highest BCUT2D eigenvalue weighted by Gasteiger charge is 2.15. The number of fused-ring (bicyclic) bond motifs is 1. The Bertz CT molecular complexity index is 954. The second-order valence-corrected chi connectivity index (χ2v) is 4.94. The van der Waals surface area contributed by atoms with Crippen molar-refractivity contribution in [2.45, 2.75) is 13.8 Å². The first-order chi connectivity index (χ1) is 10.7. The summed E-state index contributed by atoms with van der Waals surface area (Å²) in [6.45, 7) is 3.88. The van der Waals surface area contributed by atoms with Gasteiger partial charge in [-0.2, -0.15) is 9.61 Å². The van der Waals surface area contributed by atoms with Gasteiger partial charge >= 0.3 is 0 Å². The van der Waals surface area contributed by atoms with Gasteiger partial charge < -0.3 is 0 Å². The van der Waals surface area contributed by atoms with Gasteiger partial charge in [0.2, 0.25) is 5.82 Å². The fourth-order valence-corrected chi connectivity index (χ4v) is 2.29. The second kappa shape index (κ2) is 4.69. The summed E-state index contributed by atoms with van der Waals surface area (Å²) in [7, 11) is 0. The lowest BCUT2D eigenvalue weighted by atomic mass is 10.2. The van der Waals surface area contributed by atoms with E-state index in [-0.39, 0.29) is 0 Å². The molecule has 0 atom stereocenters. The van der Waals surface area contributed by atoms with Crippen LogP contribution in [0.5, 0.6) is 0 Å². The monoisotopic (exact) mass is 292 g/mol. The summed E-state index contributed by atoms with van der Waals surface area (Å²) in [5, 5.41) is 25.2. The molecular weight excluding hydrogens is 280 g/mol. The first kappa shape index (κ1) is 12.6. The molecule has 8 nitrogen and oxygen atoms in total. The van der Waals surface area contributed by atoms with E-state index in [2.05, 4.69) is 30.6 Å². The van der Waals surface area contributed by atoms with E-state index in [0.29, 0.717) is 17.6 Å². The van der Waals surface area contributed by atoms with Crippen LogP contribution in [0.3, 0.4) is 0 Å². The van der Waals surface area contributed by atoms with E-state index in [4.69, 9.17) is 0 Å².